The van der Waals surface area contributed by atoms with E-state index in [1.807, 2.05) is 0 Å². The number of halogens is 6. The summed E-state index contributed by atoms with van der Waals surface area (Å²) in [6.45, 7) is -2.98. The summed E-state index contributed by atoms with van der Waals surface area (Å²) in [4.78, 5) is 3.85. The number of hydrogen-bond acceptors (Lipinski definition) is 4. The van der Waals surface area contributed by atoms with Gasteiger partial charge in [0.15, 0.2) is 5.54 Å². The van der Waals surface area contributed by atoms with E-state index in [0.717, 1.165) is 19.2 Å². The number of nitrogens with two attached hydrogens (primary N) is 1. The van der Waals surface area contributed by atoms with Gasteiger partial charge in [0.25, 0.3) is 5.92 Å². The third-order valence-electron chi connectivity index (χ3n) is 4.78. The molecule has 0 amide bonds. The minimum Gasteiger partial charge on any atom is -0.385 e. The molecule has 1 atom stereocenters. The first-order chi connectivity index (χ1) is 13.5. The van der Waals surface area contributed by atoms with Crippen LogP contribution < -0.4 is 5.73 Å². The molecule has 2 aromatic rings. The maximum atomic E-state index is 14.7. The molecule has 0 radical (unpaired) electrons. The highest BCUT2D eigenvalue weighted by Gasteiger charge is 2.54. The Hall–Kier alpha value is -2.20. The lowest BCUT2D eigenvalue weighted by molar-refractivity contribution is -0.116. The molecule has 29 heavy (non-hydrogen) atoms. The number of alkyl halides is 4. The van der Waals surface area contributed by atoms with E-state index in [-0.39, 0.29) is 41.6 Å². The van der Waals surface area contributed by atoms with Gasteiger partial charge in [0.1, 0.15) is 24.9 Å². The van der Waals surface area contributed by atoms with Crippen LogP contribution in [0.1, 0.15) is 30.3 Å². The second kappa shape index (κ2) is 7.91. The molecule has 0 aliphatic carbocycles. The summed E-state index contributed by atoms with van der Waals surface area (Å²) in [5, 5.41) is 3.76. The minimum absolute atomic E-state index is 0.0596. The van der Waals surface area contributed by atoms with E-state index in [1.165, 1.54) is 12.1 Å². The van der Waals surface area contributed by atoms with Crippen LogP contribution in [0.3, 0.4) is 0 Å². The molecule has 3 rings (SSSR count). The van der Waals surface area contributed by atoms with Crippen LogP contribution in [0.25, 0.3) is 0 Å². The quantitative estimate of drug-likeness (QED) is 0.718. The average molecular weight is 437 g/mol. The maximum absolute atomic E-state index is 14.7. The summed E-state index contributed by atoms with van der Waals surface area (Å²) < 4.78 is 74.6. The SMILES string of the molecule is C[C@]1(c2cc(CCc3nn(C(F)F)cc3Cl)ccc2F)N=C(N)COCC1(F)F. The Labute approximate surface area is 168 Å². The second-order valence-electron chi connectivity index (χ2n) is 6.87. The van der Waals surface area contributed by atoms with Gasteiger partial charge in [-0.15, -0.1) is 0 Å². The van der Waals surface area contributed by atoms with E-state index in [4.69, 9.17) is 22.1 Å². The smallest absolute Gasteiger partial charge is 0.333 e. The Morgan fingerprint density at radius 1 is 1.31 bits per heavy atom. The Morgan fingerprint density at radius 3 is 2.69 bits per heavy atom. The third-order valence-corrected chi connectivity index (χ3v) is 5.09. The number of hydrogen-bond donors (Lipinski definition) is 1. The van der Waals surface area contributed by atoms with Crippen molar-refractivity contribution in [2.45, 2.75) is 37.8 Å². The number of nitrogens with zero attached hydrogens (tertiary/aromatic N) is 3. The predicted molar refractivity (Wildman–Crippen MR) is 97.0 cm³/mol. The van der Waals surface area contributed by atoms with Gasteiger partial charge >= 0.3 is 6.55 Å². The van der Waals surface area contributed by atoms with Gasteiger partial charge in [-0.2, -0.15) is 13.9 Å². The first-order valence-electron chi connectivity index (χ1n) is 8.64. The van der Waals surface area contributed by atoms with Crippen molar-refractivity contribution in [1.82, 2.24) is 9.78 Å². The Morgan fingerprint density at radius 2 is 2.03 bits per heavy atom. The molecule has 2 N–H and O–H groups in total. The molecule has 158 valence electrons. The van der Waals surface area contributed by atoms with Crippen LogP contribution in [0.5, 0.6) is 0 Å². The Kier molecular flexibility index (Phi) is 5.86. The fourth-order valence-electron chi connectivity index (χ4n) is 3.12. The highest BCUT2D eigenvalue weighted by Crippen LogP contribution is 2.43. The van der Waals surface area contributed by atoms with Crippen molar-refractivity contribution in [2.75, 3.05) is 13.2 Å². The molecule has 0 saturated carbocycles. The van der Waals surface area contributed by atoms with Crippen LogP contribution in [-0.4, -0.2) is 34.8 Å². The largest absolute Gasteiger partial charge is 0.385 e. The fraction of sp³-hybridized carbons (Fsp3) is 0.444. The van der Waals surface area contributed by atoms with E-state index >= 15 is 0 Å². The van der Waals surface area contributed by atoms with Crippen molar-refractivity contribution in [3.8, 4) is 0 Å². The van der Waals surface area contributed by atoms with Crippen molar-refractivity contribution in [3.63, 3.8) is 0 Å². The van der Waals surface area contributed by atoms with Gasteiger partial charge in [-0.3, -0.25) is 4.99 Å². The van der Waals surface area contributed by atoms with Gasteiger partial charge in [-0.25, -0.2) is 17.9 Å². The molecule has 0 unspecified atom stereocenters. The molecule has 0 bridgehead atoms. The normalized spacial score (nSPS) is 21.9. The number of aryl methyl sites for hydroxylation is 2. The highest BCUT2D eigenvalue weighted by atomic mass is 35.5. The van der Waals surface area contributed by atoms with Gasteiger partial charge in [0.05, 0.1) is 10.7 Å². The Bertz CT molecular complexity index is 933. The van der Waals surface area contributed by atoms with E-state index < -0.39 is 30.4 Å². The molecular formula is C18H18ClF5N4O. The lowest BCUT2D eigenvalue weighted by Gasteiger charge is -2.33. The summed E-state index contributed by atoms with van der Waals surface area (Å²) in [5.41, 5.74) is 3.73. The van der Waals surface area contributed by atoms with Crippen LogP contribution in [0.4, 0.5) is 22.0 Å². The van der Waals surface area contributed by atoms with E-state index in [2.05, 4.69) is 10.1 Å². The number of aliphatic imine (C=N–C) groups is 1. The van der Waals surface area contributed by atoms with E-state index in [0.29, 0.717) is 10.2 Å². The maximum Gasteiger partial charge on any atom is 0.333 e. The molecule has 2 heterocycles. The number of rotatable bonds is 5. The zero-order chi connectivity index (χ0) is 21.4. The summed E-state index contributed by atoms with van der Waals surface area (Å²) in [6, 6.07) is 3.74. The lowest BCUT2D eigenvalue weighted by atomic mass is 9.84. The molecular weight excluding hydrogens is 419 g/mol. The zero-order valence-electron chi connectivity index (χ0n) is 15.3. The lowest BCUT2D eigenvalue weighted by Crippen LogP contribution is -2.45. The molecule has 11 heteroatoms. The van der Waals surface area contributed by atoms with Crippen LogP contribution in [0.2, 0.25) is 5.02 Å². The van der Waals surface area contributed by atoms with E-state index in [9.17, 15) is 22.0 Å². The van der Waals surface area contributed by atoms with E-state index in [1.54, 1.807) is 0 Å². The van der Waals surface area contributed by atoms with Crippen LogP contribution in [0, 0.1) is 5.82 Å². The van der Waals surface area contributed by atoms with Gasteiger partial charge in [-0.1, -0.05) is 23.7 Å². The van der Waals surface area contributed by atoms with Crippen molar-refractivity contribution in [2.24, 2.45) is 10.7 Å². The van der Waals surface area contributed by atoms with Crippen LogP contribution >= 0.6 is 11.6 Å². The number of ether oxygens (including phenoxy) is 1. The number of aromatic nitrogens is 2. The minimum atomic E-state index is -3.51. The number of amidine groups is 1. The standard InChI is InChI=1S/C18H18ClF5N4O/c1-17(18(23,24)9-29-8-15(25)26-17)11-6-10(2-4-13(11)20)3-5-14-12(19)7-28(27-14)16(21)22/h2,4,6-7,16H,3,5,8-9H2,1H3,(H2,25,26)/t17-/m1/s1. The third kappa shape index (κ3) is 4.23. The summed E-state index contributed by atoms with van der Waals surface area (Å²) in [5.74, 6) is -4.54. The van der Waals surface area contributed by atoms with Gasteiger partial charge in [-0.05, 0) is 31.4 Å². The first-order valence-corrected chi connectivity index (χ1v) is 9.01. The average Bonchev–Trinajstić information content (AvgIpc) is 2.96. The van der Waals surface area contributed by atoms with Crippen LogP contribution in [0.15, 0.2) is 29.4 Å². The molecule has 5 nitrogen and oxygen atoms in total. The van der Waals surface area contributed by atoms with Gasteiger partial charge in [0, 0.05) is 11.8 Å². The summed E-state index contributed by atoms with van der Waals surface area (Å²) in [6.07, 6.45) is 1.37. The van der Waals surface area contributed by atoms with Crippen molar-refractivity contribution >= 4 is 17.4 Å². The zero-order valence-corrected chi connectivity index (χ0v) is 16.1. The monoisotopic (exact) mass is 436 g/mol. The first kappa shape index (κ1) is 21.5. The molecule has 1 aliphatic rings. The molecule has 0 spiro atoms. The topological polar surface area (TPSA) is 65.4 Å². The highest BCUT2D eigenvalue weighted by molar-refractivity contribution is 6.31. The van der Waals surface area contributed by atoms with Gasteiger partial charge < -0.3 is 10.5 Å². The van der Waals surface area contributed by atoms with Crippen LogP contribution in [-0.2, 0) is 23.1 Å². The fourth-order valence-corrected chi connectivity index (χ4v) is 3.35. The van der Waals surface area contributed by atoms with Crippen molar-refractivity contribution < 1.29 is 26.7 Å². The Balaban J connectivity index is 1.91. The van der Waals surface area contributed by atoms with Crippen molar-refractivity contribution in [1.29, 1.82) is 0 Å². The molecule has 0 saturated heterocycles. The second-order valence-corrected chi connectivity index (χ2v) is 7.28. The predicted octanol–water partition coefficient (Wildman–Crippen LogP) is 4.09. The number of benzene rings is 1. The molecule has 1 aromatic carbocycles. The summed E-state index contributed by atoms with van der Waals surface area (Å²) >= 11 is 5.91. The van der Waals surface area contributed by atoms with Crippen molar-refractivity contribution in [3.05, 3.63) is 52.1 Å². The van der Waals surface area contributed by atoms with Gasteiger partial charge in [0.2, 0.25) is 0 Å². The summed E-state index contributed by atoms with van der Waals surface area (Å²) in [7, 11) is 0. The molecule has 1 aromatic heterocycles. The molecule has 0 fully saturated rings. The molecule has 1 aliphatic heterocycles.